The Morgan fingerprint density at radius 2 is 1.72 bits per heavy atom. The number of hydrogen-bond acceptors (Lipinski definition) is 4. The van der Waals surface area contributed by atoms with Gasteiger partial charge in [0.05, 0.1) is 11.5 Å². The van der Waals surface area contributed by atoms with Gasteiger partial charge in [0, 0.05) is 12.4 Å². The van der Waals surface area contributed by atoms with E-state index in [0.29, 0.717) is 5.92 Å². The molecule has 1 aromatic carbocycles. The third-order valence-electron chi connectivity index (χ3n) is 4.63. The normalized spacial score (nSPS) is 20.3. The predicted molar refractivity (Wildman–Crippen MR) is 88.9 cm³/mol. The maximum absolute atomic E-state index is 14.3. The Morgan fingerprint density at radius 3 is 2.36 bits per heavy atom. The average molecular weight is 346 g/mol. The lowest BCUT2D eigenvalue weighted by atomic mass is 9.83. The highest BCUT2D eigenvalue weighted by molar-refractivity contribution is 5.75. The van der Waals surface area contributed by atoms with Crippen LogP contribution in [-0.4, -0.2) is 15.9 Å². The molecule has 0 N–H and O–H groups in total. The SMILES string of the molecule is Cc1cnc(-c2ccc(OC(=O)C3CCC(C)CC3)c(F)c2F)nc1. The van der Waals surface area contributed by atoms with Crippen LogP contribution in [0, 0.1) is 30.4 Å². The van der Waals surface area contributed by atoms with Gasteiger partial charge in [0.25, 0.3) is 0 Å². The number of aromatic nitrogens is 2. The lowest BCUT2D eigenvalue weighted by molar-refractivity contribution is -0.140. The second-order valence-corrected chi connectivity index (χ2v) is 6.70. The summed E-state index contributed by atoms with van der Waals surface area (Å²) in [6.45, 7) is 3.94. The highest BCUT2D eigenvalue weighted by atomic mass is 19.2. The fourth-order valence-electron chi connectivity index (χ4n) is 3.00. The molecule has 2 aromatic rings. The van der Waals surface area contributed by atoms with Crippen LogP contribution in [0.5, 0.6) is 5.75 Å². The summed E-state index contributed by atoms with van der Waals surface area (Å²) >= 11 is 0. The second-order valence-electron chi connectivity index (χ2n) is 6.70. The minimum atomic E-state index is -1.20. The minimum Gasteiger partial charge on any atom is -0.423 e. The second kappa shape index (κ2) is 7.25. The number of ether oxygens (including phenoxy) is 1. The van der Waals surface area contributed by atoms with Gasteiger partial charge in [-0.05, 0) is 56.2 Å². The molecule has 6 heteroatoms. The number of rotatable bonds is 3. The van der Waals surface area contributed by atoms with Gasteiger partial charge >= 0.3 is 5.97 Å². The summed E-state index contributed by atoms with van der Waals surface area (Å²) in [5.74, 6) is -2.78. The van der Waals surface area contributed by atoms with Crippen LogP contribution < -0.4 is 4.74 Å². The molecule has 1 saturated carbocycles. The lowest BCUT2D eigenvalue weighted by Gasteiger charge is -2.24. The van der Waals surface area contributed by atoms with Crippen LogP contribution in [0.1, 0.15) is 38.2 Å². The molecule has 1 fully saturated rings. The fourth-order valence-corrected chi connectivity index (χ4v) is 3.00. The van der Waals surface area contributed by atoms with E-state index < -0.39 is 23.4 Å². The number of benzene rings is 1. The van der Waals surface area contributed by atoms with E-state index in [1.807, 2.05) is 0 Å². The Balaban J connectivity index is 1.78. The molecular weight excluding hydrogens is 326 g/mol. The van der Waals surface area contributed by atoms with Crippen molar-refractivity contribution in [1.82, 2.24) is 9.97 Å². The van der Waals surface area contributed by atoms with Crippen LogP contribution in [0.2, 0.25) is 0 Å². The van der Waals surface area contributed by atoms with Crippen molar-refractivity contribution in [3.05, 3.63) is 41.7 Å². The number of hydrogen-bond donors (Lipinski definition) is 0. The quantitative estimate of drug-likeness (QED) is 0.608. The smallest absolute Gasteiger partial charge is 0.314 e. The summed E-state index contributed by atoms with van der Waals surface area (Å²) in [6, 6.07) is 2.58. The summed E-state index contributed by atoms with van der Waals surface area (Å²) in [7, 11) is 0. The lowest BCUT2D eigenvalue weighted by Crippen LogP contribution is -2.25. The van der Waals surface area contributed by atoms with Crippen molar-refractivity contribution >= 4 is 5.97 Å². The van der Waals surface area contributed by atoms with E-state index in [4.69, 9.17) is 4.74 Å². The minimum absolute atomic E-state index is 0.0659. The van der Waals surface area contributed by atoms with Gasteiger partial charge in [0.1, 0.15) is 0 Å². The molecule has 0 atom stereocenters. The maximum atomic E-state index is 14.3. The maximum Gasteiger partial charge on any atom is 0.314 e. The molecule has 3 rings (SSSR count). The van der Waals surface area contributed by atoms with E-state index >= 15 is 0 Å². The van der Waals surface area contributed by atoms with Crippen LogP contribution in [0.3, 0.4) is 0 Å². The number of nitrogens with zero attached hydrogens (tertiary/aromatic N) is 2. The van der Waals surface area contributed by atoms with Crippen LogP contribution in [-0.2, 0) is 4.79 Å². The molecule has 25 heavy (non-hydrogen) atoms. The fraction of sp³-hybridized carbons (Fsp3) is 0.421. The third kappa shape index (κ3) is 3.83. The molecule has 1 aliphatic rings. The van der Waals surface area contributed by atoms with Crippen molar-refractivity contribution in [1.29, 1.82) is 0 Å². The molecule has 1 aliphatic carbocycles. The Morgan fingerprint density at radius 1 is 1.08 bits per heavy atom. The zero-order valence-corrected chi connectivity index (χ0v) is 14.3. The Kier molecular flexibility index (Phi) is 5.06. The first-order valence-electron chi connectivity index (χ1n) is 8.44. The number of aryl methyl sites for hydroxylation is 1. The summed E-state index contributed by atoms with van der Waals surface area (Å²) in [5, 5.41) is 0. The highest BCUT2D eigenvalue weighted by Gasteiger charge is 2.27. The number of esters is 1. The van der Waals surface area contributed by atoms with E-state index in [2.05, 4.69) is 16.9 Å². The average Bonchev–Trinajstić information content (AvgIpc) is 2.61. The standard InChI is InChI=1S/C19H20F2N2O2/c1-11-3-5-13(6-4-11)19(24)25-15-8-7-14(16(20)17(15)21)18-22-9-12(2)10-23-18/h7-11,13H,3-6H2,1-2H3. The Bertz CT molecular complexity index is 770. The summed E-state index contributed by atoms with van der Waals surface area (Å²) in [6.07, 6.45) is 6.38. The molecule has 0 aliphatic heterocycles. The van der Waals surface area contributed by atoms with E-state index in [9.17, 15) is 13.6 Å². The van der Waals surface area contributed by atoms with E-state index in [0.717, 1.165) is 31.2 Å². The molecule has 0 unspecified atom stereocenters. The van der Waals surface area contributed by atoms with Crippen LogP contribution in [0.4, 0.5) is 8.78 Å². The molecule has 1 aromatic heterocycles. The summed E-state index contributed by atoms with van der Waals surface area (Å²) in [4.78, 5) is 20.2. The number of carbonyl (C=O) groups excluding carboxylic acids is 1. The van der Waals surface area contributed by atoms with E-state index in [-0.39, 0.29) is 17.3 Å². The van der Waals surface area contributed by atoms with Gasteiger partial charge in [0.2, 0.25) is 5.82 Å². The van der Waals surface area contributed by atoms with Gasteiger partial charge in [-0.15, -0.1) is 0 Å². The predicted octanol–water partition coefficient (Wildman–Crippen LogP) is 4.46. The van der Waals surface area contributed by atoms with Crippen molar-refractivity contribution < 1.29 is 18.3 Å². The third-order valence-corrected chi connectivity index (χ3v) is 4.63. The van der Waals surface area contributed by atoms with Crippen molar-refractivity contribution in [2.45, 2.75) is 39.5 Å². The van der Waals surface area contributed by atoms with Gasteiger partial charge in [-0.1, -0.05) is 6.92 Å². The monoisotopic (exact) mass is 346 g/mol. The molecule has 0 spiro atoms. The molecule has 0 radical (unpaired) electrons. The van der Waals surface area contributed by atoms with Crippen molar-refractivity contribution in [2.24, 2.45) is 11.8 Å². The molecular formula is C19H20F2N2O2. The molecule has 0 bridgehead atoms. The molecule has 1 heterocycles. The van der Waals surface area contributed by atoms with Crippen molar-refractivity contribution in [3.8, 4) is 17.1 Å². The topological polar surface area (TPSA) is 52.1 Å². The first-order valence-corrected chi connectivity index (χ1v) is 8.44. The Hall–Kier alpha value is -2.37. The summed E-state index contributed by atoms with van der Waals surface area (Å²) in [5.41, 5.74) is 0.751. The first-order chi connectivity index (χ1) is 12.0. The number of halogens is 2. The molecule has 4 nitrogen and oxygen atoms in total. The first kappa shape index (κ1) is 17.5. The zero-order valence-electron chi connectivity index (χ0n) is 14.3. The van der Waals surface area contributed by atoms with Gasteiger partial charge in [-0.2, -0.15) is 4.39 Å². The van der Waals surface area contributed by atoms with E-state index in [1.54, 1.807) is 6.92 Å². The largest absolute Gasteiger partial charge is 0.423 e. The van der Waals surface area contributed by atoms with Gasteiger partial charge < -0.3 is 4.74 Å². The van der Waals surface area contributed by atoms with Gasteiger partial charge in [-0.3, -0.25) is 4.79 Å². The molecule has 0 amide bonds. The molecule has 0 saturated heterocycles. The summed E-state index contributed by atoms with van der Waals surface area (Å²) < 4.78 is 33.8. The van der Waals surface area contributed by atoms with Gasteiger partial charge in [-0.25, -0.2) is 14.4 Å². The zero-order chi connectivity index (χ0) is 18.0. The van der Waals surface area contributed by atoms with Crippen molar-refractivity contribution in [3.63, 3.8) is 0 Å². The van der Waals surface area contributed by atoms with Crippen LogP contribution in [0.15, 0.2) is 24.5 Å². The van der Waals surface area contributed by atoms with Crippen LogP contribution in [0.25, 0.3) is 11.4 Å². The van der Waals surface area contributed by atoms with Crippen LogP contribution >= 0.6 is 0 Å². The molecule has 132 valence electrons. The Labute approximate surface area is 145 Å². The highest BCUT2D eigenvalue weighted by Crippen LogP contribution is 2.32. The van der Waals surface area contributed by atoms with E-state index in [1.165, 1.54) is 24.5 Å². The van der Waals surface area contributed by atoms with Gasteiger partial charge in [0.15, 0.2) is 17.4 Å². The number of carbonyl (C=O) groups is 1. The van der Waals surface area contributed by atoms with Crippen molar-refractivity contribution in [2.75, 3.05) is 0 Å².